The van der Waals surface area contributed by atoms with Gasteiger partial charge < -0.3 is 10.3 Å². The molecule has 1 aromatic heterocycles. The van der Waals surface area contributed by atoms with E-state index >= 15 is 0 Å². The van der Waals surface area contributed by atoms with E-state index < -0.39 is 10.0 Å². The number of para-hydroxylation sites is 1. The van der Waals surface area contributed by atoms with Crippen molar-refractivity contribution in [2.24, 2.45) is 0 Å². The minimum absolute atomic E-state index is 0.583. The standard InChI is InChI=1S/C20H23N3O2S/c1-26(24,25)23-19-5-3-2-4-17(19)20-13-16-12-15(6-7-18(16)22-20)14-8-10-21-11-9-14/h2-7,12-14,21-23H,8-11H2,1H3. The smallest absolute Gasteiger partial charge is 0.229 e. The number of aromatic amines is 1. The number of hydrogen-bond donors (Lipinski definition) is 3. The molecule has 3 aromatic rings. The number of nitrogens with one attached hydrogen (secondary N) is 3. The molecule has 2 aromatic carbocycles. The lowest BCUT2D eigenvalue weighted by Crippen LogP contribution is -2.26. The molecule has 0 spiro atoms. The lowest BCUT2D eigenvalue weighted by Gasteiger charge is -2.22. The van der Waals surface area contributed by atoms with E-state index in [0.717, 1.165) is 35.2 Å². The minimum Gasteiger partial charge on any atom is -0.354 e. The van der Waals surface area contributed by atoms with Crippen LogP contribution in [0.2, 0.25) is 0 Å². The third-order valence-electron chi connectivity index (χ3n) is 4.97. The summed E-state index contributed by atoms with van der Waals surface area (Å²) in [6, 6.07) is 16.1. The molecule has 1 saturated heterocycles. The molecule has 0 radical (unpaired) electrons. The van der Waals surface area contributed by atoms with Gasteiger partial charge >= 0.3 is 0 Å². The molecule has 0 saturated carbocycles. The van der Waals surface area contributed by atoms with E-state index in [2.05, 4.69) is 39.3 Å². The molecule has 0 aliphatic carbocycles. The van der Waals surface area contributed by atoms with Gasteiger partial charge in [-0.1, -0.05) is 24.3 Å². The van der Waals surface area contributed by atoms with Crippen LogP contribution in [0.4, 0.5) is 5.69 Å². The average Bonchev–Trinajstić information content (AvgIpc) is 3.04. The highest BCUT2D eigenvalue weighted by molar-refractivity contribution is 7.92. The summed E-state index contributed by atoms with van der Waals surface area (Å²) in [5, 5.41) is 4.57. The molecule has 0 unspecified atom stereocenters. The van der Waals surface area contributed by atoms with Crippen molar-refractivity contribution in [3.63, 3.8) is 0 Å². The number of fused-ring (bicyclic) bond motifs is 1. The lowest BCUT2D eigenvalue weighted by molar-refractivity contribution is 0.460. The van der Waals surface area contributed by atoms with Crippen molar-refractivity contribution in [2.75, 3.05) is 24.1 Å². The van der Waals surface area contributed by atoms with E-state index in [4.69, 9.17) is 0 Å². The van der Waals surface area contributed by atoms with E-state index in [9.17, 15) is 8.42 Å². The number of piperidine rings is 1. The molecule has 2 heterocycles. The third kappa shape index (κ3) is 3.61. The Balaban J connectivity index is 1.72. The number of hydrogen-bond acceptors (Lipinski definition) is 3. The lowest BCUT2D eigenvalue weighted by atomic mass is 9.90. The molecule has 1 aliphatic heterocycles. The van der Waals surface area contributed by atoms with Gasteiger partial charge in [0.15, 0.2) is 0 Å². The number of rotatable bonds is 4. The van der Waals surface area contributed by atoms with Gasteiger partial charge in [0.2, 0.25) is 10.0 Å². The van der Waals surface area contributed by atoms with Crippen LogP contribution >= 0.6 is 0 Å². The summed E-state index contributed by atoms with van der Waals surface area (Å²) in [5.74, 6) is 0.609. The van der Waals surface area contributed by atoms with Gasteiger partial charge in [0, 0.05) is 22.2 Å². The summed E-state index contributed by atoms with van der Waals surface area (Å²) in [4.78, 5) is 3.42. The summed E-state index contributed by atoms with van der Waals surface area (Å²) in [6.45, 7) is 2.15. The topological polar surface area (TPSA) is 74.0 Å². The van der Waals surface area contributed by atoms with Crippen molar-refractivity contribution < 1.29 is 8.42 Å². The van der Waals surface area contributed by atoms with E-state index in [1.54, 1.807) is 6.07 Å². The summed E-state index contributed by atoms with van der Waals surface area (Å²) in [7, 11) is -3.33. The molecule has 4 rings (SSSR count). The predicted octanol–water partition coefficient (Wildman–Crippen LogP) is 3.67. The zero-order valence-corrected chi connectivity index (χ0v) is 15.6. The Morgan fingerprint density at radius 2 is 1.81 bits per heavy atom. The number of H-pyrrole nitrogens is 1. The first-order valence-electron chi connectivity index (χ1n) is 8.90. The van der Waals surface area contributed by atoms with Crippen LogP contribution < -0.4 is 10.0 Å². The zero-order valence-electron chi connectivity index (χ0n) is 14.7. The van der Waals surface area contributed by atoms with Gasteiger partial charge in [-0.3, -0.25) is 4.72 Å². The van der Waals surface area contributed by atoms with Gasteiger partial charge in [-0.15, -0.1) is 0 Å². The summed E-state index contributed by atoms with van der Waals surface area (Å²) in [6.07, 6.45) is 3.51. The molecule has 26 heavy (non-hydrogen) atoms. The molecular formula is C20H23N3O2S. The molecule has 0 bridgehead atoms. The molecular weight excluding hydrogens is 346 g/mol. The molecule has 6 heteroatoms. The van der Waals surface area contributed by atoms with Crippen molar-refractivity contribution in [1.82, 2.24) is 10.3 Å². The second-order valence-electron chi connectivity index (χ2n) is 6.97. The van der Waals surface area contributed by atoms with Crippen molar-refractivity contribution >= 4 is 26.6 Å². The molecule has 1 aliphatic rings. The fraction of sp³-hybridized carbons (Fsp3) is 0.300. The zero-order chi connectivity index (χ0) is 18.1. The first-order valence-corrected chi connectivity index (χ1v) is 10.8. The quantitative estimate of drug-likeness (QED) is 0.657. The van der Waals surface area contributed by atoms with Crippen molar-refractivity contribution in [2.45, 2.75) is 18.8 Å². The highest BCUT2D eigenvalue weighted by atomic mass is 32.2. The number of aromatic nitrogens is 1. The fourth-order valence-corrected chi connectivity index (χ4v) is 4.29. The van der Waals surface area contributed by atoms with Crippen LogP contribution in [0, 0.1) is 0 Å². The molecule has 0 atom stereocenters. The van der Waals surface area contributed by atoms with Crippen LogP contribution in [-0.4, -0.2) is 32.7 Å². The Hall–Kier alpha value is -2.31. The van der Waals surface area contributed by atoms with E-state index in [1.165, 1.54) is 24.7 Å². The van der Waals surface area contributed by atoms with Crippen LogP contribution in [0.25, 0.3) is 22.2 Å². The van der Waals surface area contributed by atoms with Gasteiger partial charge in [-0.05, 0) is 61.7 Å². The highest BCUT2D eigenvalue weighted by Crippen LogP contribution is 2.33. The summed E-state index contributed by atoms with van der Waals surface area (Å²) in [5.41, 5.74) is 4.78. The van der Waals surface area contributed by atoms with Gasteiger partial charge in [0.1, 0.15) is 0 Å². The SMILES string of the molecule is CS(=O)(=O)Nc1ccccc1-c1cc2cc(C3CCNCC3)ccc2[nH]1. The second-order valence-corrected chi connectivity index (χ2v) is 8.72. The van der Waals surface area contributed by atoms with Crippen molar-refractivity contribution in [3.05, 3.63) is 54.1 Å². The van der Waals surface area contributed by atoms with Gasteiger partial charge in [-0.2, -0.15) is 0 Å². The predicted molar refractivity (Wildman–Crippen MR) is 107 cm³/mol. The first kappa shape index (κ1) is 17.1. The summed E-state index contributed by atoms with van der Waals surface area (Å²) >= 11 is 0. The van der Waals surface area contributed by atoms with Crippen LogP contribution in [0.3, 0.4) is 0 Å². The highest BCUT2D eigenvalue weighted by Gasteiger charge is 2.16. The van der Waals surface area contributed by atoms with Crippen LogP contribution in [-0.2, 0) is 10.0 Å². The Kier molecular flexibility index (Phi) is 4.46. The molecule has 136 valence electrons. The minimum atomic E-state index is -3.33. The second kappa shape index (κ2) is 6.78. The largest absolute Gasteiger partial charge is 0.354 e. The Labute approximate surface area is 153 Å². The van der Waals surface area contributed by atoms with Crippen LogP contribution in [0.5, 0.6) is 0 Å². The van der Waals surface area contributed by atoms with E-state index in [1.807, 2.05) is 18.2 Å². The molecule has 3 N–H and O–H groups in total. The maximum atomic E-state index is 11.6. The average molecular weight is 369 g/mol. The number of sulfonamides is 1. The normalized spacial score (nSPS) is 16.0. The fourth-order valence-electron chi connectivity index (χ4n) is 3.71. The molecule has 0 amide bonds. The maximum Gasteiger partial charge on any atom is 0.229 e. The Bertz CT molecular complexity index is 1030. The Morgan fingerprint density at radius 1 is 1.04 bits per heavy atom. The van der Waals surface area contributed by atoms with Crippen molar-refractivity contribution in [1.29, 1.82) is 0 Å². The van der Waals surface area contributed by atoms with E-state index in [0.29, 0.717) is 11.6 Å². The van der Waals surface area contributed by atoms with Gasteiger partial charge in [-0.25, -0.2) is 8.42 Å². The Morgan fingerprint density at radius 3 is 2.58 bits per heavy atom. The maximum absolute atomic E-state index is 11.6. The van der Waals surface area contributed by atoms with Gasteiger partial charge in [0.05, 0.1) is 11.9 Å². The molecule has 5 nitrogen and oxygen atoms in total. The monoisotopic (exact) mass is 369 g/mol. The first-order chi connectivity index (χ1) is 12.5. The van der Waals surface area contributed by atoms with Crippen LogP contribution in [0.15, 0.2) is 48.5 Å². The summed E-state index contributed by atoms with van der Waals surface area (Å²) < 4.78 is 25.9. The van der Waals surface area contributed by atoms with Gasteiger partial charge in [0.25, 0.3) is 0 Å². The number of anilines is 1. The molecule has 1 fully saturated rings. The van der Waals surface area contributed by atoms with Crippen LogP contribution in [0.1, 0.15) is 24.3 Å². The van der Waals surface area contributed by atoms with E-state index in [-0.39, 0.29) is 0 Å². The number of benzene rings is 2. The third-order valence-corrected chi connectivity index (χ3v) is 5.56. The van der Waals surface area contributed by atoms with Crippen molar-refractivity contribution in [3.8, 4) is 11.3 Å².